The molecule has 100 valence electrons. The van der Waals surface area contributed by atoms with Crippen LogP contribution in [0.3, 0.4) is 0 Å². The first kappa shape index (κ1) is 12.3. The molecule has 0 bridgehead atoms. The number of hydrogen-bond donors (Lipinski definition) is 3. The average molecular weight is 259 g/mol. The third-order valence-corrected chi connectivity index (χ3v) is 3.75. The minimum atomic E-state index is -0.106. The van der Waals surface area contributed by atoms with Crippen LogP contribution in [0.15, 0.2) is 29.1 Å². The molecule has 0 saturated heterocycles. The molecule has 0 atom stereocenters. The zero-order chi connectivity index (χ0) is 13.3. The Bertz CT molecular complexity index is 646. The lowest BCUT2D eigenvalue weighted by atomic mass is 10.1. The van der Waals surface area contributed by atoms with Gasteiger partial charge in [-0.2, -0.15) is 0 Å². The highest BCUT2D eigenvalue weighted by molar-refractivity contribution is 5.77. The normalized spacial score (nSPS) is 16.7. The summed E-state index contributed by atoms with van der Waals surface area (Å²) in [5.74, 6) is 0.637. The summed E-state index contributed by atoms with van der Waals surface area (Å²) in [6.45, 7) is 1.50. The predicted octanol–water partition coefficient (Wildman–Crippen LogP) is 0.785. The van der Waals surface area contributed by atoms with Gasteiger partial charge in [-0.3, -0.25) is 4.79 Å². The van der Waals surface area contributed by atoms with Gasteiger partial charge < -0.3 is 15.4 Å². The Morgan fingerprint density at radius 3 is 2.89 bits per heavy atom. The van der Waals surface area contributed by atoms with Gasteiger partial charge in [0, 0.05) is 18.6 Å². The molecule has 0 aliphatic heterocycles. The minimum Gasteiger partial charge on any atom is -0.396 e. The molecule has 5 nitrogen and oxygen atoms in total. The van der Waals surface area contributed by atoms with Crippen molar-refractivity contribution in [3.05, 3.63) is 40.4 Å². The average Bonchev–Trinajstić information content (AvgIpc) is 3.19. The largest absolute Gasteiger partial charge is 0.396 e. The van der Waals surface area contributed by atoms with Crippen molar-refractivity contribution in [3.63, 3.8) is 0 Å². The quantitative estimate of drug-likeness (QED) is 0.741. The molecule has 3 rings (SSSR count). The molecule has 0 radical (unpaired) electrons. The standard InChI is InChI=1S/C14H17N3O2/c18-9-14(5-6-14)8-15-7-12-16-11-4-2-1-3-10(11)13(19)17-12/h1-4,15,18H,5-9H2,(H,16,17,19). The minimum absolute atomic E-state index is 0.0666. The number of para-hydroxylation sites is 1. The molecule has 1 saturated carbocycles. The van der Waals surface area contributed by atoms with Crippen LogP contribution in [0.25, 0.3) is 10.9 Å². The number of H-pyrrole nitrogens is 1. The fraction of sp³-hybridized carbons (Fsp3) is 0.429. The van der Waals surface area contributed by atoms with Crippen LogP contribution in [-0.4, -0.2) is 28.2 Å². The maximum atomic E-state index is 11.9. The number of hydrogen-bond acceptors (Lipinski definition) is 4. The monoisotopic (exact) mass is 259 g/mol. The molecule has 0 spiro atoms. The van der Waals surface area contributed by atoms with E-state index in [1.54, 1.807) is 6.07 Å². The fourth-order valence-corrected chi connectivity index (χ4v) is 2.23. The fourth-order valence-electron chi connectivity index (χ4n) is 2.23. The maximum absolute atomic E-state index is 11.9. The molecule has 1 fully saturated rings. The summed E-state index contributed by atoms with van der Waals surface area (Å²) >= 11 is 0. The Kier molecular flexibility index (Phi) is 3.08. The van der Waals surface area contributed by atoms with E-state index in [0.29, 0.717) is 23.3 Å². The van der Waals surface area contributed by atoms with E-state index in [4.69, 9.17) is 0 Å². The van der Waals surface area contributed by atoms with Crippen molar-refractivity contribution in [2.45, 2.75) is 19.4 Å². The topological polar surface area (TPSA) is 78.0 Å². The Labute approximate surface area is 110 Å². The Balaban J connectivity index is 1.73. The van der Waals surface area contributed by atoms with Crippen LogP contribution in [0.1, 0.15) is 18.7 Å². The van der Waals surface area contributed by atoms with Gasteiger partial charge in [-0.1, -0.05) is 12.1 Å². The number of aliphatic hydroxyl groups is 1. The smallest absolute Gasteiger partial charge is 0.258 e. The van der Waals surface area contributed by atoms with Gasteiger partial charge in [-0.25, -0.2) is 4.98 Å². The first-order chi connectivity index (χ1) is 9.22. The lowest BCUT2D eigenvalue weighted by Crippen LogP contribution is -2.27. The molecular formula is C14H17N3O2. The van der Waals surface area contributed by atoms with Gasteiger partial charge in [0.2, 0.25) is 0 Å². The summed E-state index contributed by atoms with van der Waals surface area (Å²) in [5.41, 5.74) is 0.675. The Hall–Kier alpha value is -1.72. The van der Waals surface area contributed by atoms with Crippen molar-refractivity contribution in [2.24, 2.45) is 5.41 Å². The van der Waals surface area contributed by atoms with Gasteiger partial charge in [0.05, 0.1) is 17.4 Å². The first-order valence-electron chi connectivity index (χ1n) is 6.52. The van der Waals surface area contributed by atoms with E-state index in [9.17, 15) is 9.90 Å². The van der Waals surface area contributed by atoms with Gasteiger partial charge in [0.15, 0.2) is 0 Å². The molecule has 1 aromatic carbocycles. The van der Waals surface area contributed by atoms with Crippen LogP contribution in [-0.2, 0) is 6.54 Å². The highest BCUT2D eigenvalue weighted by Gasteiger charge is 2.41. The molecular weight excluding hydrogens is 242 g/mol. The van der Waals surface area contributed by atoms with Crippen molar-refractivity contribution in [2.75, 3.05) is 13.2 Å². The molecule has 5 heteroatoms. The van der Waals surface area contributed by atoms with E-state index in [1.807, 2.05) is 18.2 Å². The lowest BCUT2D eigenvalue weighted by molar-refractivity contribution is 0.207. The summed E-state index contributed by atoms with van der Waals surface area (Å²) in [5, 5.41) is 13.1. The molecule has 2 aromatic rings. The van der Waals surface area contributed by atoms with Crippen molar-refractivity contribution >= 4 is 10.9 Å². The number of nitrogens with one attached hydrogen (secondary N) is 2. The predicted molar refractivity (Wildman–Crippen MR) is 72.8 cm³/mol. The third-order valence-electron chi connectivity index (χ3n) is 3.75. The van der Waals surface area contributed by atoms with Gasteiger partial charge in [-0.05, 0) is 25.0 Å². The molecule has 1 aromatic heterocycles. The zero-order valence-electron chi connectivity index (χ0n) is 10.6. The van der Waals surface area contributed by atoms with Gasteiger partial charge in [0.25, 0.3) is 5.56 Å². The van der Waals surface area contributed by atoms with Crippen LogP contribution < -0.4 is 10.9 Å². The van der Waals surface area contributed by atoms with E-state index in [0.717, 1.165) is 19.4 Å². The van der Waals surface area contributed by atoms with Crippen molar-refractivity contribution in [1.29, 1.82) is 0 Å². The highest BCUT2D eigenvalue weighted by Crippen LogP contribution is 2.44. The van der Waals surface area contributed by atoms with E-state index < -0.39 is 0 Å². The summed E-state index contributed by atoms with van der Waals surface area (Å²) < 4.78 is 0. The van der Waals surface area contributed by atoms with Crippen LogP contribution >= 0.6 is 0 Å². The number of fused-ring (bicyclic) bond motifs is 1. The summed E-state index contributed by atoms with van der Waals surface area (Å²) in [7, 11) is 0. The van der Waals surface area contributed by atoms with E-state index in [1.165, 1.54) is 0 Å². The molecule has 1 heterocycles. The number of aliphatic hydroxyl groups excluding tert-OH is 1. The number of aromatic amines is 1. The van der Waals surface area contributed by atoms with E-state index in [2.05, 4.69) is 15.3 Å². The second kappa shape index (κ2) is 4.75. The van der Waals surface area contributed by atoms with Crippen molar-refractivity contribution in [3.8, 4) is 0 Å². The van der Waals surface area contributed by atoms with Crippen LogP contribution in [0, 0.1) is 5.41 Å². The van der Waals surface area contributed by atoms with Crippen LogP contribution in [0.4, 0.5) is 0 Å². The van der Waals surface area contributed by atoms with Crippen LogP contribution in [0.2, 0.25) is 0 Å². The molecule has 3 N–H and O–H groups in total. The SMILES string of the molecule is O=c1[nH]c(CNCC2(CO)CC2)nc2ccccc12. The molecule has 0 amide bonds. The van der Waals surface area contributed by atoms with Gasteiger partial charge in [-0.15, -0.1) is 0 Å². The van der Waals surface area contributed by atoms with Crippen molar-refractivity contribution < 1.29 is 5.11 Å². The van der Waals surface area contributed by atoms with Crippen molar-refractivity contribution in [1.82, 2.24) is 15.3 Å². The highest BCUT2D eigenvalue weighted by atomic mass is 16.3. The number of nitrogens with zero attached hydrogens (tertiary/aromatic N) is 1. The zero-order valence-corrected chi connectivity index (χ0v) is 10.6. The molecule has 1 aliphatic rings. The second-order valence-corrected chi connectivity index (χ2v) is 5.29. The second-order valence-electron chi connectivity index (χ2n) is 5.29. The summed E-state index contributed by atoms with van der Waals surface area (Å²) in [4.78, 5) is 19.1. The lowest BCUT2D eigenvalue weighted by Gasteiger charge is -2.12. The van der Waals surface area contributed by atoms with E-state index >= 15 is 0 Å². The summed E-state index contributed by atoms with van der Waals surface area (Å²) in [6, 6.07) is 7.31. The molecule has 19 heavy (non-hydrogen) atoms. The Morgan fingerprint density at radius 1 is 1.37 bits per heavy atom. The summed E-state index contributed by atoms with van der Waals surface area (Å²) in [6.07, 6.45) is 2.14. The van der Waals surface area contributed by atoms with Gasteiger partial charge >= 0.3 is 0 Å². The number of rotatable bonds is 5. The maximum Gasteiger partial charge on any atom is 0.258 e. The number of benzene rings is 1. The third kappa shape index (κ3) is 2.52. The van der Waals surface area contributed by atoms with E-state index in [-0.39, 0.29) is 17.6 Å². The molecule has 0 unspecified atom stereocenters. The molecule has 1 aliphatic carbocycles. The number of aromatic nitrogens is 2. The van der Waals surface area contributed by atoms with Crippen LogP contribution in [0.5, 0.6) is 0 Å². The Morgan fingerprint density at radius 2 is 2.16 bits per heavy atom. The van der Waals surface area contributed by atoms with Gasteiger partial charge in [0.1, 0.15) is 5.82 Å². The first-order valence-corrected chi connectivity index (χ1v) is 6.52.